The maximum Gasteiger partial charge on any atom is 0.133 e. The van der Waals surface area contributed by atoms with Crippen LogP contribution in [0.15, 0.2) is 42.6 Å². The Kier molecular flexibility index (Phi) is 4.28. The molecule has 0 unspecified atom stereocenters. The highest BCUT2D eigenvalue weighted by Crippen LogP contribution is 2.15. The van der Waals surface area contributed by atoms with E-state index in [2.05, 4.69) is 9.88 Å². The average Bonchev–Trinajstić information content (AvgIpc) is 2.32. The van der Waals surface area contributed by atoms with Gasteiger partial charge in [-0.25, -0.2) is 9.37 Å². The van der Waals surface area contributed by atoms with Crippen molar-refractivity contribution in [2.75, 3.05) is 7.05 Å². The van der Waals surface area contributed by atoms with Crippen molar-refractivity contribution in [1.82, 2.24) is 9.88 Å². The summed E-state index contributed by atoms with van der Waals surface area (Å²) in [5, 5.41) is 0.517. The zero-order valence-electron chi connectivity index (χ0n) is 10.1. The molecule has 0 spiro atoms. The lowest BCUT2D eigenvalue weighted by molar-refractivity contribution is 0.318. The Bertz CT molecular complexity index is 531. The van der Waals surface area contributed by atoms with Gasteiger partial charge < -0.3 is 0 Å². The molecule has 0 aliphatic rings. The summed E-state index contributed by atoms with van der Waals surface area (Å²) in [5.41, 5.74) is 1.91. The molecule has 0 aliphatic heterocycles. The summed E-state index contributed by atoms with van der Waals surface area (Å²) in [6, 6.07) is 10.4. The van der Waals surface area contributed by atoms with Crippen molar-refractivity contribution in [3.8, 4) is 0 Å². The van der Waals surface area contributed by atoms with Crippen LogP contribution >= 0.6 is 11.6 Å². The maximum absolute atomic E-state index is 13.1. The molecule has 2 rings (SSSR count). The number of rotatable bonds is 4. The Morgan fingerprint density at radius 2 is 2.06 bits per heavy atom. The van der Waals surface area contributed by atoms with E-state index in [1.54, 1.807) is 18.3 Å². The minimum absolute atomic E-state index is 0.208. The number of benzene rings is 1. The topological polar surface area (TPSA) is 16.1 Å². The number of nitrogens with zero attached hydrogens (tertiary/aromatic N) is 2. The fourth-order valence-corrected chi connectivity index (χ4v) is 2.01. The summed E-state index contributed by atoms with van der Waals surface area (Å²) >= 11 is 6.00. The lowest BCUT2D eigenvalue weighted by atomic mass is 10.2. The van der Waals surface area contributed by atoms with Crippen molar-refractivity contribution < 1.29 is 4.39 Å². The first-order chi connectivity index (χ1) is 8.65. The summed E-state index contributed by atoms with van der Waals surface area (Å²) in [6.07, 6.45) is 1.67. The first-order valence-corrected chi connectivity index (χ1v) is 6.05. The summed E-state index contributed by atoms with van der Waals surface area (Å²) < 4.78 is 13.1. The SMILES string of the molecule is CN(Cc1cccc(F)c1)Cc1cccnc1Cl. The van der Waals surface area contributed by atoms with Gasteiger partial charge in [0.15, 0.2) is 0 Å². The summed E-state index contributed by atoms with van der Waals surface area (Å²) in [6.45, 7) is 1.35. The van der Waals surface area contributed by atoms with E-state index in [0.717, 1.165) is 11.1 Å². The van der Waals surface area contributed by atoms with Gasteiger partial charge in [-0.2, -0.15) is 0 Å². The summed E-state index contributed by atoms with van der Waals surface area (Å²) in [5.74, 6) is -0.208. The van der Waals surface area contributed by atoms with E-state index in [1.165, 1.54) is 6.07 Å². The van der Waals surface area contributed by atoms with E-state index in [9.17, 15) is 4.39 Å². The lowest BCUT2D eigenvalue weighted by Gasteiger charge is -2.17. The fourth-order valence-electron chi connectivity index (χ4n) is 1.83. The highest BCUT2D eigenvalue weighted by molar-refractivity contribution is 6.30. The van der Waals surface area contributed by atoms with E-state index in [4.69, 9.17) is 11.6 Å². The Morgan fingerprint density at radius 1 is 1.22 bits per heavy atom. The second-order valence-electron chi connectivity index (χ2n) is 4.26. The molecule has 1 aromatic carbocycles. The molecule has 2 aromatic rings. The van der Waals surface area contributed by atoms with Crippen molar-refractivity contribution in [2.45, 2.75) is 13.1 Å². The normalized spacial score (nSPS) is 10.9. The first-order valence-electron chi connectivity index (χ1n) is 5.67. The molecule has 0 bridgehead atoms. The molecule has 18 heavy (non-hydrogen) atoms. The van der Waals surface area contributed by atoms with Crippen LogP contribution in [0.5, 0.6) is 0 Å². The van der Waals surface area contributed by atoms with Gasteiger partial charge in [0.1, 0.15) is 11.0 Å². The summed E-state index contributed by atoms with van der Waals surface area (Å²) in [4.78, 5) is 6.10. The van der Waals surface area contributed by atoms with Crippen LogP contribution in [0.4, 0.5) is 4.39 Å². The molecule has 0 N–H and O–H groups in total. The van der Waals surface area contributed by atoms with Gasteiger partial charge >= 0.3 is 0 Å². The standard InChI is InChI=1S/C14H14ClFN2/c1-18(9-11-4-2-6-13(16)8-11)10-12-5-3-7-17-14(12)15/h2-8H,9-10H2,1H3. The zero-order chi connectivity index (χ0) is 13.0. The lowest BCUT2D eigenvalue weighted by Crippen LogP contribution is -2.17. The van der Waals surface area contributed by atoms with Gasteiger partial charge in [0, 0.05) is 24.8 Å². The van der Waals surface area contributed by atoms with Crippen LogP contribution in [-0.4, -0.2) is 16.9 Å². The Balaban J connectivity index is 2.01. The van der Waals surface area contributed by atoms with Gasteiger partial charge in [0.05, 0.1) is 0 Å². The van der Waals surface area contributed by atoms with E-state index in [0.29, 0.717) is 18.2 Å². The molecule has 0 aliphatic carbocycles. The third-order valence-corrected chi connectivity index (χ3v) is 2.96. The number of hydrogen-bond donors (Lipinski definition) is 0. The molecule has 2 nitrogen and oxygen atoms in total. The monoisotopic (exact) mass is 264 g/mol. The van der Waals surface area contributed by atoms with Crippen LogP contribution in [0.25, 0.3) is 0 Å². The van der Waals surface area contributed by atoms with Crippen LogP contribution in [0, 0.1) is 5.82 Å². The molecule has 0 radical (unpaired) electrons. The third-order valence-electron chi connectivity index (χ3n) is 2.62. The van der Waals surface area contributed by atoms with Crippen LogP contribution in [0.1, 0.15) is 11.1 Å². The molecule has 0 atom stereocenters. The van der Waals surface area contributed by atoms with Crippen LogP contribution in [-0.2, 0) is 13.1 Å². The van der Waals surface area contributed by atoms with Gasteiger partial charge in [-0.15, -0.1) is 0 Å². The minimum atomic E-state index is -0.208. The van der Waals surface area contributed by atoms with Gasteiger partial charge in [-0.05, 0) is 30.8 Å². The molecule has 0 saturated heterocycles. The van der Waals surface area contributed by atoms with Crippen LogP contribution in [0.3, 0.4) is 0 Å². The van der Waals surface area contributed by atoms with Gasteiger partial charge in [0.2, 0.25) is 0 Å². The van der Waals surface area contributed by atoms with E-state index >= 15 is 0 Å². The Labute approximate surface area is 111 Å². The smallest absolute Gasteiger partial charge is 0.133 e. The van der Waals surface area contributed by atoms with Gasteiger partial charge in [0.25, 0.3) is 0 Å². The number of hydrogen-bond acceptors (Lipinski definition) is 2. The van der Waals surface area contributed by atoms with Crippen molar-refractivity contribution in [1.29, 1.82) is 0 Å². The number of aromatic nitrogens is 1. The average molecular weight is 265 g/mol. The highest BCUT2D eigenvalue weighted by atomic mass is 35.5. The number of halogens is 2. The summed E-state index contributed by atoms with van der Waals surface area (Å²) in [7, 11) is 1.97. The maximum atomic E-state index is 13.1. The van der Waals surface area contributed by atoms with Crippen LogP contribution < -0.4 is 0 Å². The molecule has 0 fully saturated rings. The van der Waals surface area contributed by atoms with Crippen molar-refractivity contribution in [3.05, 3.63) is 64.7 Å². The number of pyridine rings is 1. The van der Waals surface area contributed by atoms with Gasteiger partial charge in [-0.3, -0.25) is 4.90 Å². The molecular weight excluding hydrogens is 251 g/mol. The van der Waals surface area contributed by atoms with Crippen molar-refractivity contribution in [2.24, 2.45) is 0 Å². The van der Waals surface area contributed by atoms with Crippen molar-refractivity contribution >= 4 is 11.6 Å². The van der Waals surface area contributed by atoms with Crippen LogP contribution in [0.2, 0.25) is 5.15 Å². The predicted molar refractivity (Wildman–Crippen MR) is 70.8 cm³/mol. The Morgan fingerprint density at radius 3 is 2.78 bits per heavy atom. The molecule has 94 valence electrons. The zero-order valence-corrected chi connectivity index (χ0v) is 10.9. The fraction of sp³-hybridized carbons (Fsp3) is 0.214. The van der Waals surface area contributed by atoms with E-state index in [1.807, 2.05) is 25.2 Å². The quantitative estimate of drug-likeness (QED) is 0.786. The molecular formula is C14H14ClFN2. The largest absolute Gasteiger partial charge is 0.298 e. The molecule has 0 saturated carbocycles. The van der Waals surface area contributed by atoms with Gasteiger partial charge in [-0.1, -0.05) is 29.8 Å². The highest BCUT2D eigenvalue weighted by Gasteiger charge is 2.06. The second-order valence-corrected chi connectivity index (χ2v) is 4.61. The molecule has 1 heterocycles. The second kappa shape index (κ2) is 5.94. The predicted octanol–water partition coefficient (Wildman–Crippen LogP) is 3.51. The van der Waals surface area contributed by atoms with E-state index < -0.39 is 0 Å². The minimum Gasteiger partial charge on any atom is -0.298 e. The molecule has 4 heteroatoms. The first kappa shape index (κ1) is 13.0. The Hall–Kier alpha value is -1.45. The third kappa shape index (κ3) is 3.52. The molecule has 0 amide bonds. The van der Waals surface area contributed by atoms with Crippen molar-refractivity contribution in [3.63, 3.8) is 0 Å². The molecule has 1 aromatic heterocycles. The van der Waals surface area contributed by atoms with E-state index in [-0.39, 0.29) is 5.82 Å².